The zero-order valence-electron chi connectivity index (χ0n) is 11.7. The molecule has 0 aliphatic carbocycles. The Bertz CT molecular complexity index is 489. The summed E-state index contributed by atoms with van der Waals surface area (Å²) in [6.45, 7) is 4.55. The number of carbonyl (C=O) groups is 2. The average molecular weight is 278 g/mol. The standard InChI is InChI=1S/C13H18N4O3/c1-10(18)16-4-3-5-17(7-6-16)12-9-14-11(8-15-12)13(19)20-2/h8-9H,3-7H2,1-2H3. The van der Waals surface area contributed by atoms with Crippen molar-refractivity contribution < 1.29 is 14.3 Å². The van der Waals surface area contributed by atoms with Crippen LogP contribution in [0.25, 0.3) is 0 Å². The molecule has 1 aliphatic heterocycles. The molecule has 0 spiro atoms. The summed E-state index contributed by atoms with van der Waals surface area (Å²) in [5, 5.41) is 0. The smallest absolute Gasteiger partial charge is 0.358 e. The molecule has 1 amide bonds. The van der Waals surface area contributed by atoms with E-state index in [1.807, 2.05) is 4.90 Å². The minimum Gasteiger partial charge on any atom is -0.464 e. The van der Waals surface area contributed by atoms with E-state index in [-0.39, 0.29) is 11.6 Å². The van der Waals surface area contributed by atoms with Crippen molar-refractivity contribution >= 4 is 17.7 Å². The Morgan fingerprint density at radius 1 is 1.15 bits per heavy atom. The second kappa shape index (κ2) is 6.31. The van der Waals surface area contributed by atoms with Gasteiger partial charge in [-0.05, 0) is 6.42 Å². The predicted molar refractivity (Wildman–Crippen MR) is 72.5 cm³/mol. The highest BCUT2D eigenvalue weighted by Gasteiger charge is 2.18. The van der Waals surface area contributed by atoms with Crippen molar-refractivity contribution in [2.24, 2.45) is 0 Å². The first-order valence-electron chi connectivity index (χ1n) is 6.52. The third-order valence-corrected chi connectivity index (χ3v) is 3.30. The molecule has 0 bridgehead atoms. The minimum atomic E-state index is -0.498. The van der Waals surface area contributed by atoms with Gasteiger partial charge < -0.3 is 14.5 Å². The van der Waals surface area contributed by atoms with E-state index >= 15 is 0 Å². The number of ether oxygens (including phenoxy) is 1. The molecule has 0 saturated carbocycles. The molecule has 20 heavy (non-hydrogen) atoms. The van der Waals surface area contributed by atoms with Crippen LogP contribution in [0.15, 0.2) is 12.4 Å². The SMILES string of the molecule is COC(=O)c1cnc(N2CCCN(C(C)=O)CC2)cn1. The summed E-state index contributed by atoms with van der Waals surface area (Å²) in [4.78, 5) is 34.9. The van der Waals surface area contributed by atoms with Gasteiger partial charge in [0.25, 0.3) is 0 Å². The first-order chi connectivity index (χ1) is 9.61. The lowest BCUT2D eigenvalue weighted by Gasteiger charge is -2.21. The van der Waals surface area contributed by atoms with Crippen molar-refractivity contribution in [2.75, 3.05) is 38.2 Å². The fraction of sp³-hybridized carbons (Fsp3) is 0.538. The zero-order chi connectivity index (χ0) is 14.5. The molecule has 2 rings (SSSR count). The number of esters is 1. The fourth-order valence-electron chi connectivity index (χ4n) is 2.16. The molecule has 0 atom stereocenters. The van der Waals surface area contributed by atoms with E-state index in [4.69, 9.17) is 0 Å². The highest BCUT2D eigenvalue weighted by atomic mass is 16.5. The topological polar surface area (TPSA) is 75.6 Å². The van der Waals surface area contributed by atoms with Crippen LogP contribution in [0.3, 0.4) is 0 Å². The van der Waals surface area contributed by atoms with E-state index in [1.54, 1.807) is 13.1 Å². The van der Waals surface area contributed by atoms with Crippen LogP contribution < -0.4 is 4.90 Å². The number of methoxy groups -OCH3 is 1. The van der Waals surface area contributed by atoms with Gasteiger partial charge in [-0.1, -0.05) is 0 Å². The van der Waals surface area contributed by atoms with E-state index in [0.717, 1.165) is 19.5 Å². The Morgan fingerprint density at radius 3 is 2.55 bits per heavy atom. The second-order valence-electron chi connectivity index (χ2n) is 4.60. The third-order valence-electron chi connectivity index (χ3n) is 3.30. The maximum atomic E-state index is 11.4. The predicted octanol–water partition coefficient (Wildman–Crippen LogP) is 0.322. The van der Waals surface area contributed by atoms with Crippen LogP contribution >= 0.6 is 0 Å². The molecule has 7 nitrogen and oxygen atoms in total. The van der Waals surface area contributed by atoms with Gasteiger partial charge >= 0.3 is 5.97 Å². The van der Waals surface area contributed by atoms with Crippen molar-refractivity contribution in [3.8, 4) is 0 Å². The number of aromatic nitrogens is 2. The molecule has 0 radical (unpaired) electrons. The van der Waals surface area contributed by atoms with Gasteiger partial charge in [-0.3, -0.25) is 4.79 Å². The van der Waals surface area contributed by atoms with Crippen molar-refractivity contribution in [1.82, 2.24) is 14.9 Å². The first-order valence-corrected chi connectivity index (χ1v) is 6.52. The molecule has 1 aliphatic rings. The van der Waals surface area contributed by atoms with Crippen molar-refractivity contribution in [3.63, 3.8) is 0 Å². The summed E-state index contributed by atoms with van der Waals surface area (Å²) in [6, 6.07) is 0. The second-order valence-corrected chi connectivity index (χ2v) is 4.60. The Labute approximate surface area is 117 Å². The van der Waals surface area contributed by atoms with Gasteiger partial charge in [-0.25, -0.2) is 14.8 Å². The maximum Gasteiger partial charge on any atom is 0.358 e. The molecule has 1 fully saturated rings. The molecule has 108 valence electrons. The first kappa shape index (κ1) is 14.2. The Hall–Kier alpha value is -2.18. The summed E-state index contributed by atoms with van der Waals surface area (Å²) in [5.74, 6) is 0.310. The summed E-state index contributed by atoms with van der Waals surface area (Å²) in [6.07, 6.45) is 3.87. The van der Waals surface area contributed by atoms with E-state index in [9.17, 15) is 9.59 Å². The molecular weight excluding hydrogens is 260 g/mol. The lowest BCUT2D eigenvalue weighted by Crippen LogP contribution is -2.33. The average Bonchev–Trinajstić information content (AvgIpc) is 2.72. The van der Waals surface area contributed by atoms with Gasteiger partial charge in [-0.15, -0.1) is 0 Å². The number of anilines is 1. The van der Waals surface area contributed by atoms with E-state index < -0.39 is 5.97 Å². The van der Waals surface area contributed by atoms with Gasteiger partial charge in [0.2, 0.25) is 5.91 Å². The number of amides is 1. The monoisotopic (exact) mass is 278 g/mol. The van der Waals surface area contributed by atoms with Crippen molar-refractivity contribution in [1.29, 1.82) is 0 Å². The molecule has 0 unspecified atom stereocenters. The van der Waals surface area contributed by atoms with Crippen LogP contribution in [-0.4, -0.2) is 60.0 Å². The van der Waals surface area contributed by atoms with E-state index in [2.05, 4.69) is 19.6 Å². The van der Waals surface area contributed by atoms with Crippen LogP contribution in [0.5, 0.6) is 0 Å². The lowest BCUT2D eigenvalue weighted by atomic mass is 10.3. The number of rotatable bonds is 2. The van der Waals surface area contributed by atoms with Crippen molar-refractivity contribution in [3.05, 3.63) is 18.1 Å². The number of nitrogens with zero attached hydrogens (tertiary/aromatic N) is 4. The molecule has 2 heterocycles. The van der Waals surface area contributed by atoms with Crippen LogP contribution in [0.1, 0.15) is 23.8 Å². The molecule has 7 heteroatoms. The molecular formula is C13H18N4O3. The zero-order valence-corrected chi connectivity index (χ0v) is 11.7. The Balaban J connectivity index is 2.04. The largest absolute Gasteiger partial charge is 0.464 e. The van der Waals surface area contributed by atoms with Gasteiger partial charge in [0, 0.05) is 33.1 Å². The highest BCUT2D eigenvalue weighted by molar-refractivity contribution is 5.86. The summed E-state index contributed by atoms with van der Waals surface area (Å²) < 4.78 is 4.58. The molecule has 1 aromatic rings. The quantitative estimate of drug-likeness (QED) is 0.725. The van der Waals surface area contributed by atoms with E-state index in [0.29, 0.717) is 18.9 Å². The summed E-state index contributed by atoms with van der Waals surface area (Å²) in [5.41, 5.74) is 0.191. The van der Waals surface area contributed by atoms with Gasteiger partial charge in [0.15, 0.2) is 5.69 Å². The molecule has 0 N–H and O–H groups in total. The highest BCUT2D eigenvalue weighted by Crippen LogP contribution is 2.13. The van der Waals surface area contributed by atoms with Gasteiger partial charge in [0.05, 0.1) is 19.5 Å². The fourth-order valence-corrected chi connectivity index (χ4v) is 2.16. The third kappa shape index (κ3) is 3.23. The minimum absolute atomic E-state index is 0.0963. The Kier molecular flexibility index (Phi) is 4.49. The van der Waals surface area contributed by atoms with Gasteiger partial charge in [0.1, 0.15) is 5.82 Å². The van der Waals surface area contributed by atoms with Crippen LogP contribution in [0, 0.1) is 0 Å². The van der Waals surface area contributed by atoms with Gasteiger partial charge in [-0.2, -0.15) is 0 Å². The Morgan fingerprint density at radius 2 is 1.95 bits per heavy atom. The van der Waals surface area contributed by atoms with Crippen LogP contribution in [0.2, 0.25) is 0 Å². The molecule has 1 aromatic heterocycles. The number of hydrogen-bond acceptors (Lipinski definition) is 6. The number of hydrogen-bond donors (Lipinski definition) is 0. The summed E-state index contributed by atoms with van der Waals surface area (Å²) >= 11 is 0. The molecule has 0 aromatic carbocycles. The van der Waals surface area contributed by atoms with Crippen LogP contribution in [0.4, 0.5) is 5.82 Å². The molecule has 1 saturated heterocycles. The van der Waals surface area contributed by atoms with E-state index in [1.165, 1.54) is 13.3 Å². The summed E-state index contributed by atoms with van der Waals surface area (Å²) in [7, 11) is 1.31. The maximum absolute atomic E-state index is 11.4. The van der Waals surface area contributed by atoms with Crippen LogP contribution in [-0.2, 0) is 9.53 Å². The lowest BCUT2D eigenvalue weighted by molar-refractivity contribution is -0.128. The van der Waals surface area contributed by atoms with Crippen molar-refractivity contribution in [2.45, 2.75) is 13.3 Å². The number of carbonyl (C=O) groups excluding carboxylic acids is 2. The normalized spacial score (nSPS) is 15.7.